The van der Waals surface area contributed by atoms with Gasteiger partial charge >= 0.3 is 0 Å². The zero-order chi connectivity index (χ0) is 36.2. The fourth-order valence-corrected chi connectivity index (χ4v) is 7.31. The molecule has 1 atom stereocenters. The first-order valence-electron chi connectivity index (χ1n) is 17.7. The third kappa shape index (κ3) is 7.90. The van der Waals surface area contributed by atoms with Gasteiger partial charge in [0.25, 0.3) is 0 Å². The molecule has 51 heavy (non-hydrogen) atoms. The van der Waals surface area contributed by atoms with Crippen LogP contribution in [0.4, 0.5) is 5.82 Å². The van der Waals surface area contributed by atoms with Crippen LogP contribution in [-0.4, -0.2) is 102 Å². The van der Waals surface area contributed by atoms with Crippen molar-refractivity contribution in [3.63, 3.8) is 0 Å². The summed E-state index contributed by atoms with van der Waals surface area (Å²) in [5, 5.41) is 12.7. The molecule has 2 aliphatic heterocycles. The monoisotopic (exact) mass is 702 g/mol. The molecule has 1 unspecified atom stereocenters. The number of benzene rings is 1. The number of piperidine rings is 1. The van der Waals surface area contributed by atoms with E-state index in [1.165, 1.54) is 0 Å². The summed E-state index contributed by atoms with van der Waals surface area (Å²) in [6, 6.07) is 6.00. The molecule has 14 nitrogen and oxygen atoms in total. The number of nitrogens with zero attached hydrogens (tertiary/aromatic N) is 7. The molecule has 1 aromatic carbocycles. The number of methoxy groups -OCH3 is 3. The third-order valence-corrected chi connectivity index (χ3v) is 10.1. The molecule has 5 heterocycles. The van der Waals surface area contributed by atoms with Gasteiger partial charge in [-0.2, -0.15) is 5.10 Å². The Labute approximate surface area is 299 Å². The van der Waals surface area contributed by atoms with Crippen molar-refractivity contribution in [2.45, 2.75) is 66.6 Å². The largest absolute Gasteiger partial charge is 0.493 e. The Kier molecular flexibility index (Phi) is 11.0. The van der Waals surface area contributed by atoms with Gasteiger partial charge in [-0.05, 0) is 58.6 Å². The SMILES string of the molecule is COc1cc2nc3c(cc2c(OC)c1OC)CN(Cc1c(C)noc1C)CCN(C(=O)Cn1nc(C)cc1C)CCC(=O)NCC1CCCN3C1. The van der Waals surface area contributed by atoms with Crippen LogP contribution in [0.5, 0.6) is 17.2 Å². The quantitative estimate of drug-likeness (QED) is 0.300. The lowest BCUT2D eigenvalue weighted by molar-refractivity contribution is -0.133. The Hall–Kier alpha value is -4.85. The Bertz CT molecular complexity index is 1870. The smallest absolute Gasteiger partial charge is 0.244 e. The Balaban J connectivity index is 1.43. The van der Waals surface area contributed by atoms with Gasteiger partial charge in [0.05, 0.1) is 38.2 Å². The Morgan fingerprint density at radius 3 is 2.49 bits per heavy atom. The highest BCUT2D eigenvalue weighted by molar-refractivity contribution is 5.92. The summed E-state index contributed by atoms with van der Waals surface area (Å²) in [6.45, 7) is 12.3. The van der Waals surface area contributed by atoms with Crippen molar-refractivity contribution in [1.29, 1.82) is 0 Å². The number of amides is 2. The van der Waals surface area contributed by atoms with E-state index < -0.39 is 0 Å². The molecule has 1 fully saturated rings. The van der Waals surface area contributed by atoms with Gasteiger partial charge in [0.2, 0.25) is 17.6 Å². The van der Waals surface area contributed by atoms with Crippen molar-refractivity contribution >= 4 is 28.5 Å². The fourth-order valence-electron chi connectivity index (χ4n) is 7.31. The average Bonchev–Trinajstić information content (AvgIpc) is 3.61. The van der Waals surface area contributed by atoms with Crippen LogP contribution in [0.1, 0.15) is 53.2 Å². The maximum Gasteiger partial charge on any atom is 0.244 e. The topological polar surface area (TPSA) is 140 Å². The number of aryl methyl sites for hydroxylation is 4. The molecule has 2 aliphatic rings. The maximum atomic E-state index is 13.9. The minimum atomic E-state index is -0.0867. The highest BCUT2D eigenvalue weighted by Crippen LogP contribution is 2.44. The second-order valence-electron chi connectivity index (χ2n) is 13.7. The van der Waals surface area contributed by atoms with Crippen LogP contribution in [0.2, 0.25) is 0 Å². The van der Waals surface area contributed by atoms with Crippen LogP contribution in [-0.2, 0) is 29.2 Å². The predicted octanol–water partition coefficient (Wildman–Crippen LogP) is 3.95. The number of ether oxygens (including phenoxy) is 3. The molecule has 2 bridgehead atoms. The van der Waals surface area contributed by atoms with Crippen molar-refractivity contribution in [3.8, 4) is 17.2 Å². The van der Waals surface area contributed by atoms with Gasteiger partial charge in [-0.15, -0.1) is 0 Å². The lowest BCUT2D eigenvalue weighted by Crippen LogP contribution is -2.43. The first kappa shape index (κ1) is 36.0. The highest BCUT2D eigenvalue weighted by atomic mass is 16.5. The second-order valence-corrected chi connectivity index (χ2v) is 13.7. The minimum Gasteiger partial charge on any atom is -0.493 e. The summed E-state index contributed by atoms with van der Waals surface area (Å²) in [5.41, 5.74) is 5.35. The first-order chi connectivity index (χ1) is 24.6. The molecule has 1 saturated heterocycles. The summed E-state index contributed by atoms with van der Waals surface area (Å²) in [7, 11) is 4.82. The van der Waals surface area contributed by atoms with Crippen molar-refractivity contribution in [2.75, 3.05) is 65.5 Å². The Morgan fingerprint density at radius 2 is 1.80 bits per heavy atom. The predicted molar refractivity (Wildman–Crippen MR) is 192 cm³/mol. The number of hydrogen-bond donors (Lipinski definition) is 1. The molecule has 0 aliphatic carbocycles. The molecule has 3 aromatic heterocycles. The molecule has 0 spiro atoms. The van der Waals surface area contributed by atoms with Gasteiger partial charge in [0, 0.05) is 87.1 Å². The molecule has 6 rings (SSSR count). The fraction of sp³-hybridized carbons (Fsp3) is 0.541. The lowest BCUT2D eigenvalue weighted by atomic mass is 9.97. The third-order valence-electron chi connectivity index (χ3n) is 10.1. The van der Waals surface area contributed by atoms with Crippen molar-refractivity contribution in [2.24, 2.45) is 5.92 Å². The van der Waals surface area contributed by atoms with E-state index in [9.17, 15) is 9.59 Å². The van der Waals surface area contributed by atoms with E-state index in [0.29, 0.717) is 56.5 Å². The summed E-state index contributed by atoms with van der Waals surface area (Å²) in [6.07, 6.45) is 2.20. The second kappa shape index (κ2) is 15.6. The van der Waals surface area contributed by atoms with E-state index in [4.69, 9.17) is 23.7 Å². The van der Waals surface area contributed by atoms with E-state index >= 15 is 0 Å². The number of nitrogens with one attached hydrogen (secondary N) is 1. The van der Waals surface area contributed by atoms with Gasteiger partial charge in [0.15, 0.2) is 11.5 Å². The van der Waals surface area contributed by atoms with Gasteiger partial charge in [0.1, 0.15) is 18.1 Å². The van der Waals surface area contributed by atoms with Gasteiger partial charge in [-0.1, -0.05) is 5.16 Å². The number of rotatable bonds is 7. The number of anilines is 1. The standard InChI is InChI=1S/C37H50N8O6/c1-23-15-24(2)45(40-23)22-34(47)43-12-10-33(46)38-18-27-9-8-11-44(19-27)37-28(20-42(13-14-43)21-30-25(3)41-51-26(30)4)16-29-31(39-37)17-32(48-5)36(50-7)35(29)49-6/h15-17,27H,8-14,18-22H2,1-7H3,(H,38,46). The number of aromatic nitrogens is 4. The zero-order valence-electron chi connectivity index (χ0n) is 30.9. The molecule has 1 N–H and O–H groups in total. The van der Waals surface area contributed by atoms with E-state index in [1.54, 1.807) is 30.9 Å². The van der Waals surface area contributed by atoms with Crippen molar-refractivity contribution < 1.29 is 28.3 Å². The maximum absolute atomic E-state index is 13.9. The van der Waals surface area contributed by atoms with Crippen LogP contribution in [0.25, 0.3) is 10.9 Å². The van der Waals surface area contributed by atoms with Crippen LogP contribution in [0.15, 0.2) is 22.7 Å². The number of fused-ring (bicyclic) bond motifs is 5. The normalized spacial score (nSPS) is 17.8. The van der Waals surface area contributed by atoms with E-state index in [0.717, 1.165) is 76.6 Å². The number of hydrogen-bond acceptors (Lipinski definition) is 11. The molecule has 14 heteroatoms. The zero-order valence-corrected chi connectivity index (χ0v) is 30.9. The van der Waals surface area contributed by atoms with Gasteiger partial charge in [-0.3, -0.25) is 19.2 Å². The minimum absolute atomic E-state index is 0.0591. The lowest BCUT2D eigenvalue weighted by Gasteiger charge is -2.35. The van der Waals surface area contributed by atoms with Crippen LogP contribution >= 0.6 is 0 Å². The van der Waals surface area contributed by atoms with Crippen LogP contribution < -0.4 is 24.4 Å². The van der Waals surface area contributed by atoms with Gasteiger partial charge < -0.3 is 33.9 Å². The first-order valence-corrected chi connectivity index (χ1v) is 17.7. The van der Waals surface area contributed by atoms with Crippen molar-refractivity contribution in [3.05, 3.63) is 52.2 Å². The van der Waals surface area contributed by atoms with Crippen LogP contribution in [0, 0.1) is 33.6 Å². The average molecular weight is 703 g/mol. The molecule has 274 valence electrons. The number of carbonyl (C=O) groups is 2. The molecule has 0 radical (unpaired) electrons. The van der Waals surface area contributed by atoms with Gasteiger partial charge in [-0.25, -0.2) is 4.98 Å². The molecular formula is C37H50N8O6. The molecule has 4 aromatic rings. The van der Waals surface area contributed by atoms with Crippen molar-refractivity contribution in [1.82, 2.24) is 35.0 Å². The Morgan fingerprint density at radius 1 is 1.00 bits per heavy atom. The molecule has 2 amide bonds. The number of pyridine rings is 1. The summed E-state index contributed by atoms with van der Waals surface area (Å²) >= 11 is 0. The summed E-state index contributed by atoms with van der Waals surface area (Å²) < 4.78 is 24.6. The van der Waals surface area contributed by atoms with E-state index in [2.05, 4.69) is 31.4 Å². The number of carbonyl (C=O) groups excluding carboxylic acids is 2. The summed E-state index contributed by atoms with van der Waals surface area (Å²) in [5.74, 6) is 3.33. The highest BCUT2D eigenvalue weighted by Gasteiger charge is 2.28. The summed E-state index contributed by atoms with van der Waals surface area (Å²) in [4.78, 5) is 38.8. The molecule has 0 saturated carbocycles. The van der Waals surface area contributed by atoms with E-state index in [-0.39, 0.29) is 30.7 Å². The van der Waals surface area contributed by atoms with E-state index in [1.807, 2.05) is 39.8 Å². The van der Waals surface area contributed by atoms with Crippen LogP contribution in [0.3, 0.4) is 0 Å². The molecular weight excluding hydrogens is 652 g/mol.